The van der Waals surface area contributed by atoms with Gasteiger partial charge in [0.2, 0.25) is 0 Å². The molecule has 0 saturated heterocycles. The maximum atomic E-state index is 11.2. The summed E-state index contributed by atoms with van der Waals surface area (Å²) in [6.45, 7) is 0.216. The molecule has 1 heterocycles. The first-order valence-electron chi connectivity index (χ1n) is 5.61. The summed E-state index contributed by atoms with van der Waals surface area (Å²) < 4.78 is 31.4. The first-order valence-corrected chi connectivity index (χ1v) is 7.05. The van der Waals surface area contributed by atoms with Gasteiger partial charge in [-0.15, -0.1) is 0 Å². The van der Waals surface area contributed by atoms with E-state index in [0.717, 1.165) is 0 Å². The number of aromatic hydroxyl groups is 1. The first kappa shape index (κ1) is 14.1. The third-order valence-electron chi connectivity index (χ3n) is 2.60. The summed E-state index contributed by atoms with van der Waals surface area (Å²) in [6.07, 6.45) is 1.40. The van der Waals surface area contributed by atoms with Gasteiger partial charge in [-0.1, -0.05) is 6.07 Å². The maximum absolute atomic E-state index is 11.2. The lowest BCUT2D eigenvalue weighted by Gasteiger charge is -2.09. The molecule has 7 nitrogen and oxygen atoms in total. The lowest BCUT2D eigenvalue weighted by molar-refractivity contribution is 0.477. The zero-order chi connectivity index (χ0) is 14.8. The molecule has 0 aliphatic rings. The molecule has 106 valence electrons. The Balaban J connectivity index is 2.21. The van der Waals surface area contributed by atoms with Gasteiger partial charge >= 0.3 is 0 Å². The van der Waals surface area contributed by atoms with Crippen molar-refractivity contribution in [3.05, 3.63) is 42.1 Å². The number of anilines is 2. The van der Waals surface area contributed by atoms with Gasteiger partial charge in [0.25, 0.3) is 10.1 Å². The molecule has 2 aromatic rings. The molecular formula is C12H13N3O4S. The van der Waals surface area contributed by atoms with Crippen molar-refractivity contribution in [1.29, 1.82) is 0 Å². The van der Waals surface area contributed by atoms with Crippen molar-refractivity contribution in [2.45, 2.75) is 11.4 Å². The summed E-state index contributed by atoms with van der Waals surface area (Å²) in [6, 6.07) is 7.32. The molecule has 0 radical (unpaired) electrons. The SMILES string of the molecule is Nc1ccc(CNc2ncccc2S(=O)(=O)O)cc1O. The van der Waals surface area contributed by atoms with E-state index in [1.807, 2.05) is 0 Å². The normalized spacial score (nSPS) is 11.2. The van der Waals surface area contributed by atoms with Gasteiger partial charge in [-0.2, -0.15) is 8.42 Å². The lowest BCUT2D eigenvalue weighted by atomic mass is 10.2. The highest BCUT2D eigenvalue weighted by Crippen LogP contribution is 2.22. The van der Waals surface area contributed by atoms with Crippen molar-refractivity contribution < 1.29 is 18.1 Å². The number of phenolic OH excluding ortho intramolecular Hbond substituents is 1. The first-order chi connectivity index (χ1) is 9.38. The number of phenols is 1. The van der Waals surface area contributed by atoms with E-state index < -0.39 is 10.1 Å². The molecule has 0 spiro atoms. The summed E-state index contributed by atoms with van der Waals surface area (Å²) >= 11 is 0. The Morgan fingerprint density at radius 1 is 1.30 bits per heavy atom. The molecule has 20 heavy (non-hydrogen) atoms. The van der Waals surface area contributed by atoms with Gasteiger partial charge in [-0.05, 0) is 29.8 Å². The summed E-state index contributed by atoms with van der Waals surface area (Å²) in [5, 5.41) is 12.3. The summed E-state index contributed by atoms with van der Waals surface area (Å²) in [4.78, 5) is 3.56. The van der Waals surface area contributed by atoms with Gasteiger partial charge in [0.05, 0.1) is 5.69 Å². The van der Waals surface area contributed by atoms with Crippen LogP contribution in [0.15, 0.2) is 41.4 Å². The standard InChI is InChI=1S/C12H13N3O4S/c13-9-4-3-8(6-10(9)16)7-15-12-11(20(17,18)19)2-1-5-14-12/h1-6,16H,7,13H2,(H,14,15)(H,17,18,19). The number of nitrogens with one attached hydrogen (secondary N) is 1. The average molecular weight is 295 g/mol. The smallest absolute Gasteiger partial charge is 0.298 e. The van der Waals surface area contributed by atoms with E-state index >= 15 is 0 Å². The second-order valence-corrected chi connectivity index (χ2v) is 5.46. The molecule has 0 saturated carbocycles. The Bertz CT molecular complexity index is 731. The molecule has 0 amide bonds. The van der Waals surface area contributed by atoms with E-state index in [1.165, 1.54) is 30.5 Å². The maximum Gasteiger partial charge on any atom is 0.298 e. The van der Waals surface area contributed by atoms with Crippen molar-refractivity contribution in [2.24, 2.45) is 0 Å². The Morgan fingerprint density at radius 3 is 2.70 bits per heavy atom. The minimum absolute atomic E-state index is 0.0336. The molecule has 0 atom stereocenters. The van der Waals surface area contributed by atoms with Crippen LogP contribution in [0.2, 0.25) is 0 Å². The van der Waals surface area contributed by atoms with Crippen molar-refractivity contribution in [2.75, 3.05) is 11.1 Å². The molecule has 1 aromatic heterocycles. The number of pyridine rings is 1. The van der Waals surface area contributed by atoms with E-state index in [-0.39, 0.29) is 28.7 Å². The highest BCUT2D eigenvalue weighted by molar-refractivity contribution is 7.86. The zero-order valence-corrected chi connectivity index (χ0v) is 11.1. The van der Waals surface area contributed by atoms with Crippen LogP contribution in [0, 0.1) is 0 Å². The monoisotopic (exact) mass is 295 g/mol. The third kappa shape index (κ3) is 3.16. The lowest BCUT2D eigenvalue weighted by Crippen LogP contribution is -2.08. The number of rotatable bonds is 4. The van der Waals surface area contributed by atoms with Crippen molar-refractivity contribution in [1.82, 2.24) is 4.98 Å². The van der Waals surface area contributed by atoms with Gasteiger partial charge in [0.15, 0.2) is 0 Å². The topological polar surface area (TPSA) is 126 Å². The van der Waals surface area contributed by atoms with Crippen LogP contribution in [0.5, 0.6) is 5.75 Å². The molecule has 0 unspecified atom stereocenters. The van der Waals surface area contributed by atoms with Gasteiger partial charge in [0.1, 0.15) is 16.5 Å². The fraction of sp³-hybridized carbons (Fsp3) is 0.0833. The number of nitrogens with two attached hydrogens (primary N) is 1. The van der Waals surface area contributed by atoms with Gasteiger partial charge < -0.3 is 16.2 Å². The quantitative estimate of drug-likeness (QED) is 0.379. The van der Waals surface area contributed by atoms with Gasteiger partial charge in [-0.25, -0.2) is 4.98 Å². The van der Waals surface area contributed by atoms with Crippen LogP contribution >= 0.6 is 0 Å². The van der Waals surface area contributed by atoms with Crippen LogP contribution in [-0.2, 0) is 16.7 Å². The molecule has 0 fully saturated rings. The second kappa shape index (κ2) is 5.35. The van der Waals surface area contributed by atoms with Crippen LogP contribution in [0.1, 0.15) is 5.56 Å². The van der Waals surface area contributed by atoms with Crippen LogP contribution in [0.4, 0.5) is 11.5 Å². The Kier molecular flexibility index (Phi) is 3.77. The minimum Gasteiger partial charge on any atom is -0.506 e. The van der Waals surface area contributed by atoms with E-state index in [4.69, 9.17) is 10.3 Å². The predicted molar refractivity (Wildman–Crippen MR) is 73.9 cm³/mol. The van der Waals surface area contributed by atoms with Crippen molar-refractivity contribution in [3.8, 4) is 5.75 Å². The Labute approximate surface area is 115 Å². The molecule has 0 bridgehead atoms. The largest absolute Gasteiger partial charge is 0.506 e. The van der Waals surface area contributed by atoms with Crippen LogP contribution in [-0.4, -0.2) is 23.1 Å². The van der Waals surface area contributed by atoms with Crippen LogP contribution in [0.25, 0.3) is 0 Å². The Morgan fingerprint density at radius 2 is 2.05 bits per heavy atom. The zero-order valence-electron chi connectivity index (χ0n) is 10.3. The summed E-state index contributed by atoms with van der Waals surface area (Å²) in [5.41, 5.74) is 6.42. The number of hydrogen-bond donors (Lipinski definition) is 4. The van der Waals surface area contributed by atoms with E-state index in [1.54, 1.807) is 6.07 Å². The highest BCUT2D eigenvalue weighted by atomic mass is 32.2. The molecule has 5 N–H and O–H groups in total. The molecule has 1 aromatic carbocycles. The predicted octanol–water partition coefficient (Wildman–Crippen LogP) is 1.23. The summed E-state index contributed by atoms with van der Waals surface area (Å²) in [7, 11) is -4.35. The summed E-state index contributed by atoms with van der Waals surface area (Å²) in [5.74, 6) is -0.0216. The molecular weight excluding hydrogens is 282 g/mol. The number of aromatic nitrogens is 1. The number of nitrogen functional groups attached to an aromatic ring is 1. The minimum atomic E-state index is -4.35. The number of benzene rings is 1. The number of nitrogens with zero attached hydrogens (tertiary/aromatic N) is 1. The second-order valence-electron chi connectivity index (χ2n) is 4.07. The van der Waals surface area contributed by atoms with Gasteiger partial charge in [0, 0.05) is 12.7 Å². The number of hydrogen-bond acceptors (Lipinski definition) is 6. The van der Waals surface area contributed by atoms with E-state index in [2.05, 4.69) is 10.3 Å². The van der Waals surface area contributed by atoms with Crippen molar-refractivity contribution >= 4 is 21.6 Å². The van der Waals surface area contributed by atoms with Crippen LogP contribution < -0.4 is 11.1 Å². The van der Waals surface area contributed by atoms with Crippen molar-refractivity contribution in [3.63, 3.8) is 0 Å². The van der Waals surface area contributed by atoms with Crippen LogP contribution in [0.3, 0.4) is 0 Å². The fourth-order valence-corrected chi connectivity index (χ4v) is 2.24. The fourth-order valence-electron chi connectivity index (χ4n) is 1.62. The third-order valence-corrected chi connectivity index (χ3v) is 3.49. The molecule has 0 aliphatic heterocycles. The average Bonchev–Trinajstić information content (AvgIpc) is 2.39. The molecule has 2 rings (SSSR count). The highest BCUT2D eigenvalue weighted by Gasteiger charge is 2.15. The molecule has 0 aliphatic carbocycles. The van der Waals surface area contributed by atoms with Gasteiger partial charge in [-0.3, -0.25) is 4.55 Å². The van der Waals surface area contributed by atoms with E-state index in [0.29, 0.717) is 5.56 Å². The Hall–Kier alpha value is -2.32. The molecule has 8 heteroatoms. The van der Waals surface area contributed by atoms with E-state index in [9.17, 15) is 13.5 Å².